The first-order chi connectivity index (χ1) is 10.9. The van der Waals surface area contributed by atoms with Gasteiger partial charge in [0, 0.05) is 6.21 Å². The standard InChI is InChI=1S/C15H13Cl2F2NO3/c1-2-23-15(22)9(6-20-7-3-4-7)14(21)8-5-10(16)13(19)11(17)12(8)18/h5-7,21H,2-4H2,1H3/b14-9+,20-6?. The largest absolute Gasteiger partial charge is 0.506 e. The maximum atomic E-state index is 14.1. The Kier molecular flexibility index (Phi) is 5.59. The number of carbonyl (C=O) groups excluding carboxylic acids is 1. The number of ether oxygens (including phenoxy) is 1. The quantitative estimate of drug-likeness (QED) is 0.211. The van der Waals surface area contributed by atoms with E-state index in [0.29, 0.717) is 0 Å². The highest BCUT2D eigenvalue weighted by Gasteiger charge is 2.25. The SMILES string of the molecule is CCOC(=O)/C(C=NC1CC1)=C(/O)c1cc(Cl)c(F)c(Cl)c1F. The molecule has 0 radical (unpaired) electrons. The van der Waals surface area contributed by atoms with Crippen molar-refractivity contribution in [2.75, 3.05) is 6.61 Å². The lowest BCUT2D eigenvalue weighted by molar-refractivity contribution is -0.137. The number of rotatable bonds is 5. The number of aliphatic hydroxyl groups excluding tert-OH is 1. The molecule has 0 saturated heterocycles. The molecule has 1 aromatic carbocycles. The Hall–Kier alpha value is -1.66. The summed E-state index contributed by atoms with van der Waals surface area (Å²) in [7, 11) is 0. The number of aliphatic hydroxyl groups is 1. The van der Waals surface area contributed by atoms with Crippen LogP contribution in [-0.2, 0) is 9.53 Å². The molecule has 23 heavy (non-hydrogen) atoms. The molecule has 0 aliphatic heterocycles. The fourth-order valence-corrected chi connectivity index (χ4v) is 2.17. The van der Waals surface area contributed by atoms with E-state index in [0.717, 1.165) is 25.1 Å². The van der Waals surface area contributed by atoms with Gasteiger partial charge >= 0.3 is 5.97 Å². The summed E-state index contributed by atoms with van der Waals surface area (Å²) in [6.45, 7) is 1.64. The van der Waals surface area contributed by atoms with Gasteiger partial charge in [0.15, 0.2) is 11.6 Å². The van der Waals surface area contributed by atoms with Gasteiger partial charge in [-0.3, -0.25) is 4.99 Å². The van der Waals surface area contributed by atoms with Crippen LogP contribution in [-0.4, -0.2) is 29.9 Å². The van der Waals surface area contributed by atoms with E-state index in [4.69, 9.17) is 27.9 Å². The van der Waals surface area contributed by atoms with Crippen molar-refractivity contribution in [3.05, 3.63) is 38.9 Å². The summed E-state index contributed by atoms with van der Waals surface area (Å²) < 4.78 is 32.4. The number of benzene rings is 1. The molecule has 0 aromatic heterocycles. The van der Waals surface area contributed by atoms with Crippen LogP contribution >= 0.6 is 23.2 Å². The Morgan fingerprint density at radius 2 is 2.09 bits per heavy atom. The number of nitrogens with zero attached hydrogens (tertiary/aromatic N) is 1. The second kappa shape index (κ2) is 7.27. The van der Waals surface area contributed by atoms with Gasteiger partial charge in [-0.05, 0) is 25.8 Å². The molecule has 0 atom stereocenters. The van der Waals surface area contributed by atoms with Gasteiger partial charge in [0.1, 0.15) is 16.4 Å². The Morgan fingerprint density at radius 3 is 2.65 bits per heavy atom. The molecule has 1 aromatic rings. The molecule has 1 N–H and O–H groups in total. The lowest BCUT2D eigenvalue weighted by Gasteiger charge is -2.10. The van der Waals surface area contributed by atoms with Crippen molar-refractivity contribution in [1.82, 2.24) is 0 Å². The molecule has 1 saturated carbocycles. The first kappa shape index (κ1) is 17.7. The Labute approximate surface area is 141 Å². The molecule has 8 heteroatoms. The van der Waals surface area contributed by atoms with Crippen LogP contribution in [0.2, 0.25) is 10.0 Å². The number of hydrogen-bond acceptors (Lipinski definition) is 4. The molecule has 1 fully saturated rings. The van der Waals surface area contributed by atoms with Gasteiger partial charge in [0.25, 0.3) is 0 Å². The normalized spacial score (nSPS) is 15.7. The van der Waals surface area contributed by atoms with Gasteiger partial charge in [-0.1, -0.05) is 23.2 Å². The molecule has 4 nitrogen and oxygen atoms in total. The number of halogens is 4. The van der Waals surface area contributed by atoms with Crippen LogP contribution in [0.25, 0.3) is 5.76 Å². The second-order valence-electron chi connectivity index (χ2n) is 4.84. The molecule has 1 aliphatic carbocycles. The van der Waals surface area contributed by atoms with Crippen molar-refractivity contribution in [2.45, 2.75) is 25.8 Å². The van der Waals surface area contributed by atoms with Crippen LogP contribution in [0.4, 0.5) is 8.78 Å². The second-order valence-corrected chi connectivity index (χ2v) is 5.63. The smallest absolute Gasteiger partial charge is 0.343 e. The van der Waals surface area contributed by atoms with Crippen LogP contribution in [0.15, 0.2) is 16.6 Å². The Balaban J connectivity index is 2.54. The van der Waals surface area contributed by atoms with Crippen LogP contribution in [0.3, 0.4) is 0 Å². The Bertz CT molecular complexity index is 700. The number of aliphatic imine (C=N–C) groups is 1. The van der Waals surface area contributed by atoms with Crippen LogP contribution in [0.5, 0.6) is 0 Å². The fourth-order valence-electron chi connectivity index (χ4n) is 1.71. The predicted octanol–water partition coefficient (Wildman–Crippen LogP) is 4.34. The van der Waals surface area contributed by atoms with Crippen LogP contribution < -0.4 is 0 Å². The topological polar surface area (TPSA) is 58.9 Å². The van der Waals surface area contributed by atoms with E-state index in [2.05, 4.69) is 4.99 Å². The maximum Gasteiger partial charge on any atom is 0.343 e. The predicted molar refractivity (Wildman–Crippen MR) is 84.1 cm³/mol. The fraction of sp³-hybridized carbons (Fsp3) is 0.333. The zero-order valence-corrected chi connectivity index (χ0v) is 13.6. The third-order valence-corrected chi connectivity index (χ3v) is 3.68. The first-order valence-corrected chi connectivity index (χ1v) is 7.59. The molecular formula is C15H13Cl2F2NO3. The highest BCUT2D eigenvalue weighted by Crippen LogP contribution is 2.32. The number of hydrogen-bond donors (Lipinski definition) is 1. The summed E-state index contributed by atoms with van der Waals surface area (Å²) in [6.07, 6.45) is 2.86. The Morgan fingerprint density at radius 1 is 1.43 bits per heavy atom. The molecule has 0 bridgehead atoms. The summed E-state index contributed by atoms with van der Waals surface area (Å²) in [4.78, 5) is 16.0. The van der Waals surface area contributed by atoms with Crippen molar-refractivity contribution in [2.24, 2.45) is 4.99 Å². The first-order valence-electron chi connectivity index (χ1n) is 6.83. The summed E-state index contributed by atoms with van der Waals surface area (Å²) in [5.41, 5.74) is -0.858. The minimum atomic E-state index is -1.23. The van der Waals surface area contributed by atoms with Crippen LogP contribution in [0, 0.1) is 11.6 Å². The molecule has 0 heterocycles. The average Bonchev–Trinajstić information content (AvgIpc) is 3.33. The molecule has 2 rings (SSSR count). The van der Waals surface area contributed by atoms with Crippen molar-refractivity contribution in [1.29, 1.82) is 0 Å². The van der Waals surface area contributed by atoms with Gasteiger partial charge in [0.2, 0.25) is 0 Å². The highest BCUT2D eigenvalue weighted by molar-refractivity contribution is 6.35. The highest BCUT2D eigenvalue weighted by atomic mass is 35.5. The maximum absolute atomic E-state index is 14.1. The van der Waals surface area contributed by atoms with Gasteiger partial charge in [-0.25, -0.2) is 13.6 Å². The van der Waals surface area contributed by atoms with Crippen molar-refractivity contribution in [3.8, 4) is 0 Å². The number of esters is 1. The van der Waals surface area contributed by atoms with Gasteiger partial charge in [-0.15, -0.1) is 0 Å². The molecule has 1 aliphatic rings. The van der Waals surface area contributed by atoms with Crippen molar-refractivity contribution in [3.63, 3.8) is 0 Å². The van der Waals surface area contributed by atoms with E-state index in [9.17, 15) is 18.7 Å². The lowest BCUT2D eigenvalue weighted by atomic mass is 10.1. The zero-order valence-electron chi connectivity index (χ0n) is 12.1. The third-order valence-electron chi connectivity index (χ3n) is 3.07. The van der Waals surface area contributed by atoms with E-state index < -0.39 is 39.0 Å². The summed E-state index contributed by atoms with van der Waals surface area (Å²) in [5, 5.41) is 8.88. The van der Waals surface area contributed by atoms with E-state index in [1.165, 1.54) is 0 Å². The molecule has 0 amide bonds. The van der Waals surface area contributed by atoms with Crippen LogP contribution in [0.1, 0.15) is 25.3 Å². The molecule has 0 spiro atoms. The molecule has 124 valence electrons. The van der Waals surface area contributed by atoms with E-state index in [-0.39, 0.29) is 18.2 Å². The van der Waals surface area contributed by atoms with E-state index in [1.54, 1.807) is 6.92 Å². The summed E-state index contributed by atoms with van der Waals surface area (Å²) in [5.74, 6) is -4.03. The third kappa shape index (κ3) is 4.00. The van der Waals surface area contributed by atoms with Gasteiger partial charge in [0.05, 0.1) is 23.2 Å². The lowest BCUT2D eigenvalue weighted by Crippen LogP contribution is -2.12. The van der Waals surface area contributed by atoms with Gasteiger partial charge < -0.3 is 9.84 Å². The average molecular weight is 364 g/mol. The van der Waals surface area contributed by atoms with Crippen molar-refractivity contribution < 1.29 is 23.4 Å². The monoisotopic (exact) mass is 363 g/mol. The summed E-state index contributed by atoms with van der Waals surface area (Å²) >= 11 is 11.1. The number of carbonyl (C=O) groups is 1. The summed E-state index contributed by atoms with van der Waals surface area (Å²) in [6, 6.07) is 0.912. The molecular weight excluding hydrogens is 351 g/mol. The zero-order chi connectivity index (χ0) is 17.1. The van der Waals surface area contributed by atoms with E-state index in [1.807, 2.05) is 0 Å². The van der Waals surface area contributed by atoms with Crippen molar-refractivity contribution >= 4 is 41.1 Å². The van der Waals surface area contributed by atoms with Gasteiger partial charge in [-0.2, -0.15) is 0 Å². The van der Waals surface area contributed by atoms with E-state index >= 15 is 0 Å². The minimum absolute atomic E-state index is 0.0558. The minimum Gasteiger partial charge on any atom is -0.506 e. The molecule has 0 unspecified atom stereocenters.